The number of ether oxygens (including phenoxy) is 2. The Morgan fingerprint density at radius 3 is 2.47 bits per heavy atom. The van der Waals surface area contributed by atoms with E-state index in [1.807, 2.05) is 58.2 Å². The molecule has 0 fully saturated rings. The van der Waals surface area contributed by atoms with Gasteiger partial charge in [-0.1, -0.05) is 32.9 Å². The molecule has 0 aliphatic heterocycles. The number of benzene rings is 2. The Balaban J connectivity index is 1.74. The lowest BCUT2D eigenvalue weighted by molar-refractivity contribution is 0.101. The van der Waals surface area contributed by atoms with Crippen LogP contribution in [0, 0.1) is 0 Å². The van der Waals surface area contributed by atoms with Gasteiger partial charge in [-0.25, -0.2) is 0 Å². The highest BCUT2D eigenvalue weighted by Crippen LogP contribution is 2.36. The van der Waals surface area contributed by atoms with Crippen LogP contribution in [0.1, 0.15) is 47.2 Å². The minimum Gasteiger partial charge on any atom is -0.494 e. The van der Waals surface area contributed by atoms with Crippen LogP contribution in [0.2, 0.25) is 0 Å². The Bertz CT molecular complexity index is 1370. The van der Waals surface area contributed by atoms with Crippen LogP contribution < -0.4 is 14.8 Å². The molecule has 7 nitrogen and oxygen atoms in total. The zero-order valence-corrected chi connectivity index (χ0v) is 19.9. The molecule has 0 saturated carbocycles. The first-order chi connectivity index (χ1) is 16.2. The highest BCUT2D eigenvalue weighted by Gasteiger charge is 2.22. The van der Waals surface area contributed by atoms with Gasteiger partial charge in [0.2, 0.25) is 0 Å². The lowest BCUT2D eigenvalue weighted by Gasteiger charge is -2.22. The molecule has 0 aliphatic carbocycles. The molecule has 174 valence electrons. The molecule has 2 aromatic carbocycles. The zero-order valence-electron chi connectivity index (χ0n) is 19.9. The topological polar surface area (TPSA) is 82.4 Å². The predicted octanol–water partition coefficient (Wildman–Crippen LogP) is 5.74. The van der Waals surface area contributed by atoms with Gasteiger partial charge in [-0.3, -0.25) is 14.6 Å². The number of rotatable bonds is 6. The molecule has 2 aromatic heterocycles. The Kier molecular flexibility index (Phi) is 6.11. The number of amides is 1. The fourth-order valence-corrected chi connectivity index (χ4v) is 3.89. The Morgan fingerprint density at radius 2 is 1.82 bits per heavy atom. The fraction of sp³-hybridized carbons (Fsp3) is 0.222. The number of carbonyl (C=O) groups excluding carboxylic acids is 2. The van der Waals surface area contributed by atoms with Crippen LogP contribution in [0.25, 0.3) is 10.9 Å². The number of aryl methyl sites for hydroxylation is 1. The number of anilines is 1. The number of nitrogens with zero attached hydrogens (tertiary/aromatic N) is 2. The van der Waals surface area contributed by atoms with E-state index in [0.29, 0.717) is 34.2 Å². The number of methoxy groups -OCH3 is 1. The second kappa shape index (κ2) is 9.02. The molecule has 0 bridgehead atoms. The molecule has 7 heteroatoms. The second-order valence-corrected chi connectivity index (χ2v) is 9.04. The van der Waals surface area contributed by atoms with Gasteiger partial charge >= 0.3 is 0 Å². The van der Waals surface area contributed by atoms with E-state index in [1.54, 1.807) is 35.2 Å². The summed E-state index contributed by atoms with van der Waals surface area (Å²) in [5.74, 6) is 1.28. The van der Waals surface area contributed by atoms with Crippen molar-refractivity contribution in [2.75, 3.05) is 12.4 Å². The summed E-state index contributed by atoms with van der Waals surface area (Å²) in [4.78, 5) is 29.1. The van der Waals surface area contributed by atoms with Gasteiger partial charge in [0, 0.05) is 24.8 Å². The third-order valence-corrected chi connectivity index (χ3v) is 5.69. The molecular weight excluding hydrogens is 430 g/mol. The van der Waals surface area contributed by atoms with Crippen molar-refractivity contribution in [1.82, 2.24) is 9.55 Å². The molecule has 2 heterocycles. The molecule has 0 radical (unpaired) electrons. The van der Waals surface area contributed by atoms with E-state index >= 15 is 0 Å². The summed E-state index contributed by atoms with van der Waals surface area (Å²) in [6, 6.07) is 14.7. The molecule has 0 saturated heterocycles. The quantitative estimate of drug-likeness (QED) is 0.374. The highest BCUT2D eigenvalue weighted by molar-refractivity contribution is 6.08. The third-order valence-electron chi connectivity index (χ3n) is 5.69. The van der Waals surface area contributed by atoms with Crippen LogP contribution in [0.15, 0.2) is 60.9 Å². The molecule has 1 N–H and O–H groups in total. The van der Waals surface area contributed by atoms with Crippen molar-refractivity contribution in [3.63, 3.8) is 0 Å². The van der Waals surface area contributed by atoms with Crippen LogP contribution in [-0.2, 0) is 12.5 Å². The molecule has 0 spiro atoms. The summed E-state index contributed by atoms with van der Waals surface area (Å²) in [6.45, 7) is 6.13. The first-order valence-corrected chi connectivity index (χ1v) is 10.9. The monoisotopic (exact) mass is 457 g/mol. The summed E-state index contributed by atoms with van der Waals surface area (Å²) < 4.78 is 13.3. The van der Waals surface area contributed by atoms with Gasteiger partial charge in [0.25, 0.3) is 5.91 Å². The maximum absolute atomic E-state index is 13.4. The second-order valence-electron chi connectivity index (χ2n) is 9.04. The number of para-hydroxylation sites is 1. The van der Waals surface area contributed by atoms with Crippen molar-refractivity contribution in [3.8, 4) is 17.2 Å². The van der Waals surface area contributed by atoms with E-state index in [2.05, 4.69) is 10.3 Å². The van der Waals surface area contributed by atoms with E-state index in [1.165, 1.54) is 7.11 Å². The first kappa shape index (κ1) is 23.0. The standard InChI is InChI=1S/C27H27N3O4/c1-27(2,3)19-13-18(16-31)25(33-5)21(15-19)29-26(32)22-14-17-7-6-8-23(24(17)30(22)4)34-20-9-11-28-12-10-20/h6-16H,1-5H3,(H,29,32). The van der Waals surface area contributed by atoms with Crippen molar-refractivity contribution in [3.05, 3.63) is 77.7 Å². The maximum Gasteiger partial charge on any atom is 0.272 e. The molecule has 1 amide bonds. The van der Waals surface area contributed by atoms with Crippen LogP contribution in [0.3, 0.4) is 0 Å². The largest absolute Gasteiger partial charge is 0.494 e. The lowest BCUT2D eigenvalue weighted by atomic mass is 9.85. The minimum atomic E-state index is -0.324. The third kappa shape index (κ3) is 4.37. The molecular formula is C27H27N3O4. The average molecular weight is 458 g/mol. The van der Waals surface area contributed by atoms with E-state index < -0.39 is 0 Å². The van der Waals surface area contributed by atoms with Crippen molar-refractivity contribution >= 4 is 28.8 Å². The first-order valence-electron chi connectivity index (χ1n) is 10.9. The summed E-state index contributed by atoms with van der Waals surface area (Å²) in [6.07, 6.45) is 4.06. The molecule has 0 aliphatic rings. The minimum absolute atomic E-state index is 0.220. The number of aldehydes is 1. The summed E-state index contributed by atoms with van der Waals surface area (Å²) in [7, 11) is 3.30. The van der Waals surface area contributed by atoms with Crippen molar-refractivity contribution in [2.24, 2.45) is 7.05 Å². The van der Waals surface area contributed by atoms with Gasteiger partial charge in [0.05, 0.1) is 23.9 Å². The Hall–Kier alpha value is -4.13. The molecule has 0 unspecified atom stereocenters. The molecule has 34 heavy (non-hydrogen) atoms. The number of aromatic nitrogens is 2. The van der Waals surface area contributed by atoms with E-state index in [0.717, 1.165) is 22.8 Å². The number of carbonyl (C=O) groups is 2. The Labute approximate surface area is 198 Å². The normalized spacial score (nSPS) is 11.3. The van der Waals surface area contributed by atoms with Gasteiger partial charge in [0.15, 0.2) is 17.8 Å². The average Bonchev–Trinajstić information content (AvgIpc) is 3.16. The van der Waals surface area contributed by atoms with Gasteiger partial charge in [0.1, 0.15) is 11.4 Å². The van der Waals surface area contributed by atoms with Gasteiger partial charge in [-0.15, -0.1) is 0 Å². The van der Waals surface area contributed by atoms with Crippen molar-refractivity contribution in [1.29, 1.82) is 0 Å². The fourth-order valence-electron chi connectivity index (χ4n) is 3.89. The lowest BCUT2D eigenvalue weighted by Crippen LogP contribution is -2.18. The Morgan fingerprint density at radius 1 is 1.09 bits per heavy atom. The highest BCUT2D eigenvalue weighted by atomic mass is 16.5. The van der Waals surface area contributed by atoms with Gasteiger partial charge in [-0.2, -0.15) is 0 Å². The maximum atomic E-state index is 13.4. The van der Waals surface area contributed by atoms with Crippen molar-refractivity contribution < 1.29 is 19.1 Å². The molecule has 0 atom stereocenters. The van der Waals surface area contributed by atoms with Crippen molar-refractivity contribution in [2.45, 2.75) is 26.2 Å². The summed E-state index contributed by atoms with van der Waals surface area (Å²) in [5, 5.41) is 3.81. The number of nitrogens with one attached hydrogen (secondary N) is 1. The SMILES string of the molecule is COc1c(C=O)cc(C(C)(C)C)cc1NC(=O)c1cc2cccc(Oc3ccncc3)c2n1C. The summed E-state index contributed by atoms with van der Waals surface area (Å²) >= 11 is 0. The van der Waals surface area contributed by atoms with Crippen LogP contribution in [0.4, 0.5) is 5.69 Å². The van der Waals surface area contributed by atoms with E-state index in [-0.39, 0.29) is 11.3 Å². The van der Waals surface area contributed by atoms with Crippen LogP contribution in [0.5, 0.6) is 17.2 Å². The predicted molar refractivity (Wildman–Crippen MR) is 132 cm³/mol. The van der Waals surface area contributed by atoms with Gasteiger partial charge < -0.3 is 19.4 Å². The number of pyridine rings is 1. The number of hydrogen-bond donors (Lipinski definition) is 1. The smallest absolute Gasteiger partial charge is 0.272 e. The summed E-state index contributed by atoms with van der Waals surface area (Å²) in [5.41, 5.74) is 2.75. The van der Waals surface area contributed by atoms with E-state index in [4.69, 9.17) is 9.47 Å². The van der Waals surface area contributed by atoms with Crippen LogP contribution >= 0.6 is 0 Å². The zero-order chi connectivity index (χ0) is 24.5. The number of fused-ring (bicyclic) bond motifs is 1. The van der Waals surface area contributed by atoms with Crippen LogP contribution in [-0.4, -0.2) is 28.9 Å². The van der Waals surface area contributed by atoms with E-state index in [9.17, 15) is 9.59 Å². The molecule has 4 rings (SSSR count). The molecule has 4 aromatic rings. The number of hydrogen-bond acceptors (Lipinski definition) is 5. The van der Waals surface area contributed by atoms with Gasteiger partial charge in [-0.05, 0) is 47.4 Å².